The van der Waals surface area contributed by atoms with E-state index in [1.807, 2.05) is 41.4 Å². The zero-order valence-corrected chi connectivity index (χ0v) is 14.8. The Morgan fingerprint density at radius 3 is 2.64 bits per heavy atom. The minimum atomic E-state index is 0.0223. The highest BCUT2D eigenvalue weighted by atomic mass is 16.5. The van der Waals surface area contributed by atoms with Crippen LogP contribution in [0.1, 0.15) is 29.9 Å². The van der Waals surface area contributed by atoms with E-state index in [2.05, 4.69) is 0 Å². The number of amides is 1. The molecule has 1 aromatic carbocycles. The highest BCUT2D eigenvalue weighted by molar-refractivity contribution is 5.79. The number of pyridine rings is 1. The predicted octanol–water partition coefficient (Wildman–Crippen LogP) is 2.34. The smallest absolute Gasteiger partial charge is 0.250 e. The summed E-state index contributed by atoms with van der Waals surface area (Å²) in [7, 11) is 3.38. The van der Waals surface area contributed by atoms with Crippen LogP contribution in [-0.4, -0.2) is 35.6 Å². The number of nitrogens with zero attached hydrogens (tertiary/aromatic N) is 2. The van der Waals surface area contributed by atoms with Gasteiger partial charge in [0.1, 0.15) is 5.75 Å². The number of methoxy groups -OCH3 is 1. The van der Waals surface area contributed by atoms with Crippen LogP contribution < -0.4 is 10.3 Å². The molecule has 25 heavy (non-hydrogen) atoms. The number of rotatable bonds is 4. The van der Waals surface area contributed by atoms with Crippen molar-refractivity contribution in [3.63, 3.8) is 0 Å². The Labute approximate surface area is 147 Å². The number of aromatic nitrogens is 1. The van der Waals surface area contributed by atoms with Crippen molar-refractivity contribution >= 4 is 5.91 Å². The second-order valence-corrected chi connectivity index (χ2v) is 6.59. The van der Waals surface area contributed by atoms with Gasteiger partial charge in [-0.25, -0.2) is 0 Å². The van der Waals surface area contributed by atoms with E-state index in [9.17, 15) is 9.59 Å². The van der Waals surface area contributed by atoms with Gasteiger partial charge in [0.05, 0.1) is 13.5 Å². The van der Waals surface area contributed by atoms with Crippen molar-refractivity contribution in [1.29, 1.82) is 0 Å². The lowest BCUT2D eigenvalue weighted by Gasteiger charge is -2.32. The lowest BCUT2D eigenvalue weighted by molar-refractivity contribution is -0.131. The lowest BCUT2D eigenvalue weighted by Crippen LogP contribution is -2.39. The molecule has 0 bridgehead atoms. The van der Waals surface area contributed by atoms with Crippen molar-refractivity contribution in [2.45, 2.75) is 25.2 Å². The summed E-state index contributed by atoms with van der Waals surface area (Å²) in [6.45, 7) is 1.48. The molecule has 1 saturated heterocycles. The minimum absolute atomic E-state index is 0.0223. The van der Waals surface area contributed by atoms with Crippen LogP contribution in [0.15, 0.2) is 47.4 Å². The quantitative estimate of drug-likeness (QED) is 0.858. The van der Waals surface area contributed by atoms with E-state index in [0.717, 1.165) is 42.8 Å². The minimum Gasteiger partial charge on any atom is -0.497 e. The molecular weight excluding hydrogens is 316 g/mol. The molecule has 0 saturated carbocycles. The van der Waals surface area contributed by atoms with Gasteiger partial charge in [0.2, 0.25) is 5.91 Å². The van der Waals surface area contributed by atoms with E-state index in [0.29, 0.717) is 12.3 Å². The van der Waals surface area contributed by atoms with Crippen LogP contribution >= 0.6 is 0 Å². The lowest BCUT2D eigenvalue weighted by atomic mass is 9.90. The monoisotopic (exact) mass is 340 g/mol. The van der Waals surface area contributed by atoms with E-state index in [4.69, 9.17) is 4.74 Å². The average molecular weight is 340 g/mol. The van der Waals surface area contributed by atoms with Gasteiger partial charge >= 0.3 is 0 Å². The van der Waals surface area contributed by atoms with Crippen molar-refractivity contribution in [2.75, 3.05) is 20.2 Å². The zero-order chi connectivity index (χ0) is 17.8. The molecule has 0 spiro atoms. The molecule has 0 atom stereocenters. The molecule has 1 amide bonds. The molecule has 132 valence electrons. The summed E-state index contributed by atoms with van der Waals surface area (Å²) >= 11 is 0. The molecule has 1 fully saturated rings. The van der Waals surface area contributed by atoms with Crippen LogP contribution in [0.25, 0.3) is 0 Å². The number of hydrogen-bond donors (Lipinski definition) is 0. The summed E-state index contributed by atoms with van der Waals surface area (Å²) in [6, 6.07) is 11.4. The van der Waals surface area contributed by atoms with Gasteiger partial charge in [0.15, 0.2) is 0 Å². The molecule has 5 heteroatoms. The number of carbonyl (C=O) groups is 1. The van der Waals surface area contributed by atoms with E-state index in [1.165, 1.54) is 0 Å². The van der Waals surface area contributed by atoms with Crippen LogP contribution in [-0.2, 0) is 18.3 Å². The van der Waals surface area contributed by atoms with Crippen molar-refractivity contribution in [2.24, 2.45) is 7.05 Å². The summed E-state index contributed by atoms with van der Waals surface area (Å²) in [4.78, 5) is 26.3. The average Bonchev–Trinajstić information content (AvgIpc) is 2.64. The van der Waals surface area contributed by atoms with Gasteiger partial charge < -0.3 is 14.2 Å². The largest absolute Gasteiger partial charge is 0.497 e. The molecule has 0 aliphatic carbocycles. The third-order valence-corrected chi connectivity index (χ3v) is 4.94. The number of piperidine rings is 1. The molecule has 3 rings (SSSR count). The first-order valence-corrected chi connectivity index (χ1v) is 8.64. The predicted molar refractivity (Wildman–Crippen MR) is 96.9 cm³/mol. The van der Waals surface area contributed by atoms with Gasteiger partial charge in [-0.3, -0.25) is 9.59 Å². The first-order valence-electron chi connectivity index (χ1n) is 8.64. The maximum atomic E-state index is 12.5. The molecule has 2 heterocycles. The first kappa shape index (κ1) is 17.3. The Balaban J connectivity index is 1.58. The number of hydrogen-bond acceptors (Lipinski definition) is 3. The fraction of sp³-hybridized carbons (Fsp3) is 0.400. The number of likely N-dealkylation sites (tertiary alicyclic amines) is 1. The van der Waals surface area contributed by atoms with Gasteiger partial charge in [0, 0.05) is 32.4 Å². The molecule has 0 radical (unpaired) electrons. The summed E-state index contributed by atoms with van der Waals surface area (Å²) < 4.78 is 6.79. The van der Waals surface area contributed by atoms with Crippen LogP contribution in [0.2, 0.25) is 0 Å². The highest BCUT2D eigenvalue weighted by Gasteiger charge is 2.24. The van der Waals surface area contributed by atoms with E-state index >= 15 is 0 Å². The van der Waals surface area contributed by atoms with Crippen LogP contribution in [0.3, 0.4) is 0 Å². The fourth-order valence-corrected chi connectivity index (χ4v) is 3.35. The molecule has 0 unspecified atom stereocenters. The Hall–Kier alpha value is -2.56. The van der Waals surface area contributed by atoms with Gasteiger partial charge in [-0.15, -0.1) is 0 Å². The normalized spacial score (nSPS) is 15.2. The summed E-state index contributed by atoms with van der Waals surface area (Å²) in [5.74, 6) is 1.28. The van der Waals surface area contributed by atoms with E-state index < -0.39 is 0 Å². The molecule has 1 aliphatic heterocycles. The highest BCUT2D eigenvalue weighted by Crippen LogP contribution is 2.27. The van der Waals surface area contributed by atoms with Crippen molar-refractivity contribution < 1.29 is 9.53 Å². The molecule has 1 aromatic heterocycles. The van der Waals surface area contributed by atoms with E-state index in [1.54, 1.807) is 24.8 Å². The summed E-state index contributed by atoms with van der Waals surface area (Å²) in [5, 5.41) is 0. The molecule has 1 aliphatic rings. The summed E-state index contributed by atoms with van der Waals surface area (Å²) in [5.41, 5.74) is 2.08. The Bertz CT molecular complexity index is 805. The summed E-state index contributed by atoms with van der Waals surface area (Å²) in [6.07, 6.45) is 4.01. The number of aryl methyl sites for hydroxylation is 1. The first-order chi connectivity index (χ1) is 12.1. The molecule has 2 aromatic rings. The second-order valence-electron chi connectivity index (χ2n) is 6.59. The molecular formula is C20H24N2O3. The van der Waals surface area contributed by atoms with Gasteiger partial charge in [-0.1, -0.05) is 12.1 Å². The van der Waals surface area contributed by atoms with Crippen molar-refractivity contribution in [3.8, 4) is 5.75 Å². The Morgan fingerprint density at radius 1 is 1.20 bits per heavy atom. The number of carbonyl (C=O) groups excluding carboxylic acids is 1. The Morgan fingerprint density at radius 2 is 1.96 bits per heavy atom. The van der Waals surface area contributed by atoms with Gasteiger partial charge in [-0.05, 0) is 48.1 Å². The van der Waals surface area contributed by atoms with Crippen molar-refractivity contribution in [3.05, 3.63) is 64.1 Å². The van der Waals surface area contributed by atoms with Gasteiger partial charge in [-0.2, -0.15) is 0 Å². The molecule has 0 N–H and O–H groups in total. The SMILES string of the molecule is COc1cccc(CC(=O)N2CCC(c3ccn(C)c(=O)c3)CC2)c1. The van der Waals surface area contributed by atoms with E-state index in [-0.39, 0.29) is 11.5 Å². The standard InChI is InChI=1S/C20H24N2O3/c1-21-9-6-17(14-19(21)23)16-7-10-22(11-8-16)20(24)13-15-4-3-5-18(12-15)25-2/h3-6,9,12,14,16H,7-8,10-11,13H2,1-2H3. The number of ether oxygens (including phenoxy) is 1. The second kappa shape index (κ2) is 7.55. The van der Waals surface area contributed by atoms with Crippen molar-refractivity contribution in [1.82, 2.24) is 9.47 Å². The third kappa shape index (κ3) is 4.10. The third-order valence-electron chi connectivity index (χ3n) is 4.94. The molecule has 5 nitrogen and oxygen atoms in total. The van der Waals surface area contributed by atoms with Crippen LogP contribution in [0, 0.1) is 0 Å². The van der Waals surface area contributed by atoms with Gasteiger partial charge in [0.25, 0.3) is 5.56 Å². The van der Waals surface area contributed by atoms with Crippen LogP contribution in [0.4, 0.5) is 0 Å². The maximum Gasteiger partial charge on any atom is 0.250 e. The van der Waals surface area contributed by atoms with Crippen LogP contribution in [0.5, 0.6) is 5.75 Å². The maximum absolute atomic E-state index is 12.5. The Kier molecular flexibility index (Phi) is 5.22. The fourth-order valence-electron chi connectivity index (χ4n) is 3.35. The zero-order valence-electron chi connectivity index (χ0n) is 14.8. The number of benzene rings is 1. The topological polar surface area (TPSA) is 51.5 Å².